The molecule has 4 nitrogen and oxygen atoms in total. The number of hydrazine groups is 1. The topological polar surface area (TPSA) is 63.8 Å². The Balaban J connectivity index is 2.27. The second-order valence-electron chi connectivity index (χ2n) is 4.07. The molecule has 2 aromatic carbocycles. The van der Waals surface area contributed by atoms with Crippen LogP contribution in [0, 0.1) is 0 Å². The number of hydrogen-bond acceptors (Lipinski definition) is 4. The molecular formula is C14H11ClN4. The van der Waals surface area contributed by atoms with Crippen molar-refractivity contribution in [1.82, 2.24) is 9.97 Å². The molecule has 0 saturated heterocycles. The van der Waals surface area contributed by atoms with Crippen LogP contribution in [0.2, 0.25) is 5.02 Å². The Labute approximate surface area is 115 Å². The van der Waals surface area contributed by atoms with Gasteiger partial charge in [-0.2, -0.15) is 0 Å². The molecule has 0 amide bonds. The predicted molar refractivity (Wildman–Crippen MR) is 77.8 cm³/mol. The molecule has 3 rings (SSSR count). The molecular weight excluding hydrogens is 260 g/mol. The first-order valence-electron chi connectivity index (χ1n) is 5.77. The van der Waals surface area contributed by atoms with E-state index in [1.54, 1.807) is 12.1 Å². The molecule has 0 radical (unpaired) electrons. The van der Waals surface area contributed by atoms with Crippen LogP contribution >= 0.6 is 11.6 Å². The number of benzene rings is 2. The Kier molecular flexibility index (Phi) is 3.03. The van der Waals surface area contributed by atoms with Crippen LogP contribution in [0.3, 0.4) is 0 Å². The molecule has 1 aromatic heterocycles. The first-order valence-corrected chi connectivity index (χ1v) is 6.15. The highest BCUT2D eigenvalue weighted by Gasteiger charge is 2.08. The fraction of sp³-hybridized carbons (Fsp3) is 0. The molecule has 5 heteroatoms. The summed E-state index contributed by atoms with van der Waals surface area (Å²) in [4.78, 5) is 8.95. The third-order valence-corrected chi connectivity index (χ3v) is 3.06. The Bertz CT molecular complexity index is 728. The maximum atomic E-state index is 6.00. The largest absolute Gasteiger partial charge is 0.308 e. The highest BCUT2D eigenvalue weighted by atomic mass is 35.5. The van der Waals surface area contributed by atoms with Crippen LogP contribution in [0.15, 0.2) is 48.5 Å². The number of hydrogen-bond donors (Lipinski definition) is 2. The molecule has 0 fully saturated rings. The van der Waals surface area contributed by atoms with E-state index >= 15 is 0 Å². The number of nitrogens with one attached hydrogen (secondary N) is 1. The molecule has 94 valence electrons. The summed E-state index contributed by atoms with van der Waals surface area (Å²) in [5.41, 5.74) is 4.30. The van der Waals surface area contributed by atoms with Gasteiger partial charge in [0.1, 0.15) is 0 Å². The average Bonchev–Trinajstić information content (AvgIpc) is 2.46. The van der Waals surface area contributed by atoms with Gasteiger partial charge >= 0.3 is 0 Å². The summed E-state index contributed by atoms with van der Waals surface area (Å²) in [6.07, 6.45) is 0. The SMILES string of the molecule is NNc1nc(-c2ccccc2)nc2cc(Cl)ccc12. The number of fused-ring (bicyclic) bond motifs is 1. The van der Waals surface area contributed by atoms with Gasteiger partial charge in [0.25, 0.3) is 0 Å². The number of nitrogens with zero attached hydrogens (tertiary/aromatic N) is 2. The molecule has 3 aromatic rings. The Morgan fingerprint density at radius 2 is 1.79 bits per heavy atom. The quantitative estimate of drug-likeness (QED) is 0.554. The van der Waals surface area contributed by atoms with Crippen molar-refractivity contribution >= 4 is 28.3 Å². The van der Waals surface area contributed by atoms with Gasteiger partial charge in [-0.1, -0.05) is 41.9 Å². The van der Waals surface area contributed by atoms with E-state index in [0.29, 0.717) is 16.7 Å². The fourth-order valence-corrected chi connectivity index (χ4v) is 2.10. The van der Waals surface area contributed by atoms with Crippen LogP contribution in [0.1, 0.15) is 0 Å². The Hall–Kier alpha value is -2.17. The molecule has 0 aliphatic heterocycles. The number of halogens is 1. The lowest BCUT2D eigenvalue weighted by molar-refractivity contribution is 1.19. The number of nitrogen functional groups attached to an aromatic ring is 1. The zero-order valence-corrected chi connectivity index (χ0v) is 10.7. The smallest absolute Gasteiger partial charge is 0.162 e. The number of rotatable bonds is 2. The second-order valence-corrected chi connectivity index (χ2v) is 4.50. The van der Waals surface area contributed by atoms with Crippen molar-refractivity contribution in [3.05, 3.63) is 53.6 Å². The van der Waals surface area contributed by atoms with Crippen molar-refractivity contribution in [3.63, 3.8) is 0 Å². The highest BCUT2D eigenvalue weighted by Crippen LogP contribution is 2.26. The van der Waals surface area contributed by atoms with Crippen LogP contribution in [-0.2, 0) is 0 Å². The lowest BCUT2D eigenvalue weighted by Crippen LogP contribution is -2.10. The lowest BCUT2D eigenvalue weighted by Gasteiger charge is -2.08. The standard InChI is InChI=1S/C14H11ClN4/c15-10-6-7-11-12(8-10)17-13(18-14(11)19-16)9-4-2-1-3-5-9/h1-8H,16H2,(H,17,18,19). The molecule has 0 aliphatic carbocycles. The molecule has 19 heavy (non-hydrogen) atoms. The molecule has 0 aliphatic rings. The zero-order valence-electron chi connectivity index (χ0n) is 9.97. The lowest BCUT2D eigenvalue weighted by atomic mass is 10.2. The first kappa shape index (κ1) is 11.9. The molecule has 0 spiro atoms. The number of nitrogens with two attached hydrogens (primary N) is 1. The van der Waals surface area contributed by atoms with Crippen LogP contribution in [0.25, 0.3) is 22.3 Å². The summed E-state index contributed by atoms with van der Waals surface area (Å²) < 4.78 is 0. The third kappa shape index (κ3) is 2.23. The number of aromatic nitrogens is 2. The Morgan fingerprint density at radius 1 is 1.00 bits per heavy atom. The summed E-state index contributed by atoms with van der Waals surface area (Å²) in [5.74, 6) is 6.73. The maximum Gasteiger partial charge on any atom is 0.162 e. The predicted octanol–water partition coefficient (Wildman–Crippen LogP) is 3.24. The van der Waals surface area contributed by atoms with Gasteiger partial charge in [0, 0.05) is 16.0 Å². The fourth-order valence-electron chi connectivity index (χ4n) is 1.93. The maximum absolute atomic E-state index is 6.00. The van der Waals surface area contributed by atoms with Crippen molar-refractivity contribution in [2.75, 3.05) is 5.43 Å². The van der Waals surface area contributed by atoms with Gasteiger partial charge in [-0.05, 0) is 18.2 Å². The van der Waals surface area contributed by atoms with Gasteiger partial charge in [0.15, 0.2) is 11.6 Å². The van der Waals surface area contributed by atoms with Crippen molar-refractivity contribution in [2.45, 2.75) is 0 Å². The molecule has 1 heterocycles. The minimum atomic E-state index is 0.584. The van der Waals surface area contributed by atoms with Gasteiger partial charge in [0.2, 0.25) is 0 Å². The second kappa shape index (κ2) is 4.84. The molecule has 0 unspecified atom stereocenters. The highest BCUT2D eigenvalue weighted by molar-refractivity contribution is 6.31. The van der Waals surface area contributed by atoms with E-state index in [1.165, 1.54) is 0 Å². The summed E-state index contributed by atoms with van der Waals surface area (Å²) >= 11 is 6.00. The summed E-state index contributed by atoms with van der Waals surface area (Å²) in [6.45, 7) is 0. The van der Waals surface area contributed by atoms with Crippen LogP contribution in [-0.4, -0.2) is 9.97 Å². The Morgan fingerprint density at radius 3 is 2.53 bits per heavy atom. The van der Waals surface area contributed by atoms with E-state index in [0.717, 1.165) is 16.5 Å². The summed E-state index contributed by atoms with van der Waals surface area (Å²) in [7, 11) is 0. The molecule has 0 saturated carbocycles. The van der Waals surface area contributed by atoms with Gasteiger partial charge in [-0.3, -0.25) is 0 Å². The minimum absolute atomic E-state index is 0.584. The minimum Gasteiger partial charge on any atom is -0.308 e. The molecule has 0 atom stereocenters. The molecule has 3 N–H and O–H groups in total. The zero-order chi connectivity index (χ0) is 13.2. The van der Waals surface area contributed by atoms with Crippen LogP contribution < -0.4 is 11.3 Å². The van der Waals surface area contributed by atoms with Gasteiger partial charge in [-0.25, -0.2) is 15.8 Å². The van der Waals surface area contributed by atoms with Gasteiger partial charge < -0.3 is 5.43 Å². The van der Waals surface area contributed by atoms with Crippen LogP contribution in [0.5, 0.6) is 0 Å². The number of anilines is 1. The van der Waals surface area contributed by atoms with Crippen molar-refractivity contribution < 1.29 is 0 Å². The van der Waals surface area contributed by atoms with Crippen LogP contribution in [0.4, 0.5) is 5.82 Å². The van der Waals surface area contributed by atoms with Gasteiger partial charge in [-0.15, -0.1) is 0 Å². The normalized spacial score (nSPS) is 10.6. The van der Waals surface area contributed by atoms with E-state index in [4.69, 9.17) is 17.4 Å². The van der Waals surface area contributed by atoms with Gasteiger partial charge in [0.05, 0.1) is 5.52 Å². The van der Waals surface area contributed by atoms with E-state index in [2.05, 4.69) is 15.4 Å². The van der Waals surface area contributed by atoms with E-state index in [9.17, 15) is 0 Å². The van der Waals surface area contributed by atoms with E-state index in [-0.39, 0.29) is 0 Å². The van der Waals surface area contributed by atoms with Crippen molar-refractivity contribution in [3.8, 4) is 11.4 Å². The van der Waals surface area contributed by atoms with Crippen molar-refractivity contribution in [2.24, 2.45) is 5.84 Å². The van der Waals surface area contributed by atoms with Crippen molar-refractivity contribution in [1.29, 1.82) is 0 Å². The summed E-state index contributed by atoms with van der Waals surface area (Å²) in [6, 6.07) is 15.2. The monoisotopic (exact) mass is 270 g/mol. The van der Waals surface area contributed by atoms with E-state index in [1.807, 2.05) is 36.4 Å². The third-order valence-electron chi connectivity index (χ3n) is 2.83. The average molecular weight is 271 g/mol. The first-order chi connectivity index (χ1) is 9.28. The van der Waals surface area contributed by atoms with E-state index < -0.39 is 0 Å². The summed E-state index contributed by atoms with van der Waals surface area (Å²) in [5, 5.41) is 1.47. The molecule has 0 bridgehead atoms.